The first-order valence-corrected chi connectivity index (χ1v) is 11.4. The Kier molecular flexibility index (Phi) is 12.6. The zero-order chi connectivity index (χ0) is 25.7. The number of aliphatic carboxylic acids is 1. The second-order valence-corrected chi connectivity index (χ2v) is 8.31. The highest BCUT2D eigenvalue weighted by Crippen LogP contribution is 2.12. The van der Waals surface area contributed by atoms with Gasteiger partial charge >= 0.3 is 5.97 Å². The van der Waals surface area contributed by atoms with Crippen LogP contribution in [0.3, 0.4) is 0 Å². The first kappa shape index (κ1) is 28.9. The van der Waals surface area contributed by atoms with Crippen LogP contribution < -0.4 is 27.4 Å². The molecule has 0 saturated carbocycles. The van der Waals surface area contributed by atoms with Crippen LogP contribution in [0.5, 0.6) is 5.75 Å². The molecule has 0 spiro atoms. The Bertz CT molecular complexity index is 817. The second kappa shape index (κ2) is 14.9. The molecule has 11 nitrogen and oxygen atoms in total. The molecular weight excluding hydrogens is 442 g/mol. The van der Waals surface area contributed by atoms with Crippen molar-refractivity contribution >= 4 is 23.7 Å². The minimum Gasteiger partial charge on any atom is -0.508 e. The van der Waals surface area contributed by atoms with Crippen LogP contribution in [0.15, 0.2) is 24.3 Å². The van der Waals surface area contributed by atoms with E-state index < -0.39 is 48.4 Å². The van der Waals surface area contributed by atoms with Gasteiger partial charge in [0, 0.05) is 0 Å². The molecule has 11 heteroatoms. The van der Waals surface area contributed by atoms with E-state index in [9.17, 15) is 29.4 Å². The summed E-state index contributed by atoms with van der Waals surface area (Å²) < 4.78 is 0. The summed E-state index contributed by atoms with van der Waals surface area (Å²) >= 11 is 0. The van der Waals surface area contributed by atoms with Gasteiger partial charge in [0.1, 0.15) is 17.8 Å². The van der Waals surface area contributed by atoms with Crippen LogP contribution in [-0.4, -0.2) is 65.1 Å². The number of carbonyl (C=O) groups excluding carboxylic acids is 3. The van der Waals surface area contributed by atoms with Gasteiger partial charge in [-0.05, 0) is 55.8 Å². The summed E-state index contributed by atoms with van der Waals surface area (Å²) in [7, 11) is 0. The number of nitrogens with one attached hydrogen (secondary N) is 3. The first-order chi connectivity index (χ1) is 16.1. The third-order valence-corrected chi connectivity index (χ3v) is 5.53. The maximum atomic E-state index is 12.7. The van der Waals surface area contributed by atoms with Crippen LogP contribution in [0.4, 0.5) is 0 Å². The summed E-state index contributed by atoms with van der Waals surface area (Å²) in [6.07, 6.45) is 2.22. The Morgan fingerprint density at radius 3 is 2.24 bits per heavy atom. The summed E-state index contributed by atoms with van der Waals surface area (Å²) in [5, 5.41) is 26.1. The van der Waals surface area contributed by atoms with E-state index in [-0.39, 0.29) is 24.5 Å². The molecule has 1 aromatic carbocycles. The summed E-state index contributed by atoms with van der Waals surface area (Å²) in [4.78, 5) is 48.8. The lowest BCUT2D eigenvalue weighted by molar-refractivity contribution is -0.142. The fraction of sp³-hybridized carbons (Fsp3) is 0.565. The highest BCUT2D eigenvalue weighted by atomic mass is 16.4. The Hall–Kier alpha value is -3.18. The highest BCUT2D eigenvalue weighted by molar-refractivity contribution is 5.92. The fourth-order valence-electron chi connectivity index (χ4n) is 3.21. The van der Waals surface area contributed by atoms with Crippen LogP contribution >= 0.6 is 0 Å². The van der Waals surface area contributed by atoms with Crippen molar-refractivity contribution in [1.82, 2.24) is 16.0 Å². The van der Waals surface area contributed by atoms with E-state index in [4.69, 9.17) is 11.5 Å². The van der Waals surface area contributed by atoms with Gasteiger partial charge < -0.3 is 37.6 Å². The maximum Gasteiger partial charge on any atom is 0.326 e. The molecule has 0 aliphatic rings. The zero-order valence-corrected chi connectivity index (χ0v) is 19.8. The number of phenols is 1. The number of carbonyl (C=O) groups is 4. The predicted octanol–water partition coefficient (Wildman–Crippen LogP) is -0.392. The zero-order valence-electron chi connectivity index (χ0n) is 19.8. The van der Waals surface area contributed by atoms with Gasteiger partial charge in [-0.2, -0.15) is 0 Å². The number of hydrogen-bond acceptors (Lipinski definition) is 7. The summed E-state index contributed by atoms with van der Waals surface area (Å²) in [6.45, 7) is 3.65. The lowest BCUT2D eigenvalue weighted by Crippen LogP contribution is -2.56. The second-order valence-electron chi connectivity index (χ2n) is 8.31. The van der Waals surface area contributed by atoms with Crippen molar-refractivity contribution in [3.63, 3.8) is 0 Å². The van der Waals surface area contributed by atoms with Crippen LogP contribution in [0, 0.1) is 5.92 Å². The van der Waals surface area contributed by atoms with Gasteiger partial charge in [-0.25, -0.2) is 4.79 Å². The number of nitrogens with two attached hydrogens (primary N) is 2. The molecule has 0 saturated heterocycles. The van der Waals surface area contributed by atoms with Crippen molar-refractivity contribution in [3.05, 3.63) is 29.8 Å². The Labute approximate surface area is 199 Å². The Morgan fingerprint density at radius 1 is 1.03 bits per heavy atom. The molecule has 4 unspecified atom stereocenters. The smallest absolute Gasteiger partial charge is 0.326 e. The molecule has 34 heavy (non-hydrogen) atoms. The average molecular weight is 480 g/mol. The molecule has 190 valence electrons. The Balaban J connectivity index is 2.66. The van der Waals surface area contributed by atoms with Gasteiger partial charge in [0.2, 0.25) is 17.7 Å². The third kappa shape index (κ3) is 10.2. The summed E-state index contributed by atoms with van der Waals surface area (Å²) in [5.41, 5.74) is 12.2. The molecule has 0 radical (unpaired) electrons. The van der Waals surface area contributed by atoms with Crippen LogP contribution in [0.1, 0.15) is 45.1 Å². The fourth-order valence-corrected chi connectivity index (χ4v) is 3.21. The Morgan fingerprint density at radius 2 is 1.68 bits per heavy atom. The summed E-state index contributed by atoms with van der Waals surface area (Å²) in [6, 6.07) is 3.38. The van der Waals surface area contributed by atoms with Crippen molar-refractivity contribution in [2.45, 2.75) is 64.1 Å². The third-order valence-electron chi connectivity index (χ3n) is 5.53. The normalized spacial score (nSPS) is 14.4. The topological polar surface area (TPSA) is 197 Å². The van der Waals surface area contributed by atoms with E-state index in [0.717, 1.165) is 5.56 Å². The van der Waals surface area contributed by atoms with Crippen LogP contribution in [-0.2, 0) is 25.6 Å². The van der Waals surface area contributed by atoms with Gasteiger partial charge in [0.05, 0.1) is 12.6 Å². The molecule has 1 rings (SSSR count). The molecule has 0 aliphatic carbocycles. The van der Waals surface area contributed by atoms with Crippen LogP contribution in [0.25, 0.3) is 0 Å². The summed E-state index contributed by atoms with van der Waals surface area (Å²) in [5.74, 6) is -3.04. The average Bonchev–Trinajstić information content (AvgIpc) is 2.81. The molecular formula is C23H37N5O6. The molecule has 0 aromatic heterocycles. The van der Waals surface area contributed by atoms with Crippen molar-refractivity contribution in [2.24, 2.45) is 17.4 Å². The van der Waals surface area contributed by atoms with Crippen molar-refractivity contribution in [2.75, 3.05) is 13.1 Å². The van der Waals surface area contributed by atoms with Gasteiger partial charge in [-0.15, -0.1) is 0 Å². The number of carboxylic acid groups (broad SMARTS) is 1. The number of hydrogen-bond donors (Lipinski definition) is 7. The van der Waals surface area contributed by atoms with E-state index in [1.165, 1.54) is 12.1 Å². The maximum absolute atomic E-state index is 12.7. The lowest BCUT2D eigenvalue weighted by atomic mass is 9.97. The molecule has 0 bridgehead atoms. The van der Waals surface area contributed by atoms with Crippen molar-refractivity contribution < 1.29 is 29.4 Å². The van der Waals surface area contributed by atoms with Crippen molar-refractivity contribution in [1.29, 1.82) is 0 Å². The number of phenolic OH excluding ortho intramolecular Hbond substituents is 1. The van der Waals surface area contributed by atoms with E-state index in [1.807, 2.05) is 6.92 Å². The first-order valence-electron chi connectivity index (χ1n) is 11.4. The molecule has 0 aliphatic heterocycles. The minimum absolute atomic E-state index is 0.101. The van der Waals surface area contributed by atoms with E-state index >= 15 is 0 Å². The molecule has 0 fully saturated rings. The molecule has 1 aromatic rings. The van der Waals surface area contributed by atoms with Gasteiger partial charge in [0.25, 0.3) is 0 Å². The van der Waals surface area contributed by atoms with Gasteiger partial charge in [-0.1, -0.05) is 32.4 Å². The number of amides is 3. The van der Waals surface area contributed by atoms with Crippen LogP contribution in [0.2, 0.25) is 0 Å². The SMILES string of the molecule is CCC(C)C(NC(=O)C(N)Cc1ccc(O)cc1)C(=O)NCC(=O)NC(CCCCN)C(=O)O. The predicted molar refractivity (Wildman–Crippen MR) is 127 cm³/mol. The van der Waals surface area contributed by atoms with Gasteiger partial charge in [0.15, 0.2) is 0 Å². The monoisotopic (exact) mass is 479 g/mol. The van der Waals surface area contributed by atoms with Gasteiger partial charge in [-0.3, -0.25) is 14.4 Å². The number of benzene rings is 1. The van der Waals surface area contributed by atoms with E-state index in [1.54, 1.807) is 19.1 Å². The van der Waals surface area contributed by atoms with E-state index in [2.05, 4.69) is 16.0 Å². The number of aromatic hydroxyl groups is 1. The lowest BCUT2D eigenvalue weighted by Gasteiger charge is -2.25. The number of carboxylic acids is 1. The number of unbranched alkanes of at least 4 members (excludes halogenated alkanes) is 1. The quantitative estimate of drug-likeness (QED) is 0.165. The molecule has 4 atom stereocenters. The largest absolute Gasteiger partial charge is 0.508 e. The van der Waals surface area contributed by atoms with Crippen molar-refractivity contribution in [3.8, 4) is 5.75 Å². The highest BCUT2D eigenvalue weighted by Gasteiger charge is 2.28. The van der Waals surface area contributed by atoms with E-state index in [0.29, 0.717) is 25.8 Å². The number of rotatable bonds is 15. The molecule has 0 heterocycles. The molecule has 9 N–H and O–H groups in total. The standard InChI is InChI=1S/C23H37N5O6/c1-3-14(2)20(28-21(31)17(25)12-15-7-9-16(29)10-8-15)22(32)26-13-19(30)27-18(23(33)34)6-4-5-11-24/h7-10,14,17-18,20,29H,3-6,11-13,24-25H2,1-2H3,(H,26,32)(H,27,30)(H,28,31)(H,33,34). The minimum atomic E-state index is -1.16. The molecule has 3 amide bonds.